The third-order valence-electron chi connectivity index (χ3n) is 1.85. The van der Waals surface area contributed by atoms with E-state index in [1.54, 1.807) is 12.1 Å². The number of carbonyl (C=O) groups is 1. The molecule has 0 atom stereocenters. The first-order chi connectivity index (χ1) is 7.10. The van der Waals surface area contributed by atoms with Gasteiger partial charge in [0, 0.05) is 0 Å². The van der Waals surface area contributed by atoms with E-state index in [9.17, 15) is 4.79 Å². The van der Waals surface area contributed by atoms with E-state index in [4.69, 9.17) is 16.9 Å². The molecule has 0 aliphatic heterocycles. The van der Waals surface area contributed by atoms with E-state index in [2.05, 4.69) is 20.7 Å². The zero-order valence-electron chi connectivity index (χ0n) is 7.88. The largest absolute Gasteiger partial charge is 0.469 e. The van der Waals surface area contributed by atoms with Crippen LogP contribution >= 0.6 is 27.5 Å². The first-order valence-electron chi connectivity index (χ1n) is 4.04. The minimum Gasteiger partial charge on any atom is -0.469 e. The van der Waals surface area contributed by atoms with Crippen LogP contribution in [0.25, 0.3) is 0 Å². The van der Waals surface area contributed by atoms with Crippen LogP contribution in [0.4, 0.5) is 0 Å². The molecule has 0 unspecified atom stereocenters. The van der Waals surface area contributed by atoms with Crippen LogP contribution < -0.4 is 0 Å². The van der Waals surface area contributed by atoms with E-state index >= 15 is 0 Å². The Balaban J connectivity index is 3.08. The van der Waals surface area contributed by atoms with Gasteiger partial charge in [0.1, 0.15) is 6.07 Å². The maximum absolute atomic E-state index is 11.0. The lowest BCUT2D eigenvalue weighted by molar-refractivity contribution is -0.139. The van der Waals surface area contributed by atoms with Gasteiger partial charge in [-0.05, 0) is 27.6 Å². The lowest BCUT2D eigenvalue weighted by Crippen LogP contribution is -2.05. The first kappa shape index (κ1) is 12.0. The minimum atomic E-state index is -0.367. The molecule has 0 saturated carbocycles. The zero-order chi connectivity index (χ0) is 11.4. The average Bonchev–Trinajstić information content (AvgIpc) is 2.25. The summed E-state index contributed by atoms with van der Waals surface area (Å²) in [7, 11) is 1.31. The van der Waals surface area contributed by atoms with Crippen molar-refractivity contribution in [1.29, 1.82) is 5.26 Å². The van der Waals surface area contributed by atoms with Gasteiger partial charge in [-0.3, -0.25) is 4.79 Å². The number of benzene rings is 1. The predicted octanol–water partition coefficient (Wildman–Crippen LogP) is 2.69. The number of hydrogen-bond acceptors (Lipinski definition) is 3. The van der Waals surface area contributed by atoms with Gasteiger partial charge in [-0.25, -0.2) is 0 Å². The Labute approximate surface area is 101 Å². The van der Waals surface area contributed by atoms with Crippen LogP contribution in [0.15, 0.2) is 16.6 Å². The summed E-state index contributed by atoms with van der Waals surface area (Å²) in [5, 5.41) is 9.11. The Morgan fingerprint density at radius 3 is 2.87 bits per heavy atom. The van der Waals surface area contributed by atoms with Crippen molar-refractivity contribution in [2.45, 2.75) is 6.42 Å². The summed E-state index contributed by atoms with van der Waals surface area (Å²) in [5.74, 6) is -0.367. The van der Waals surface area contributed by atoms with E-state index in [0.29, 0.717) is 20.6 Å². The van der Waals surface area contributed by atoms with Gasteiger partial charge in [-0.15, -0.1) is 0 Å². The number of rotatable bonds is 2. The van der Waals surface area contributed by atoms with Gasteiger partial charge in [0.15, 0.2) is 0 Å². The van der Waals surface area contributed by atoms with Crippen molar-refractivity contribution < 1.29 is 9.53 Å². The molecule has 0 fully saturated rings. The fourth-order valence-electron chi connectivity index (χ4n) is 1.04. The number of carbonyl (C=O) groups excluding carboxylic acids is 1. The summed E-state index contributed by atoms with van der Waals surface area (Å²) in [5.41, 5.74) is 1.07. The summed E-state index contributed by atoms with van der Waals surface area (Å²) >= 11 is 9.17. The van der Waals surface area contributed by atoms with Crippen LogP contribution in [-0.2, 0) is 16.0 Å². The van der Waals surface area contributed by atoms with E-state index in [1.165, 1.54) is 7.11 Å². The third-order valence-corrected chi connectivity index (χ3v) is 3.33. The number of methoxy groups -OCH3 is 1. The molecule has 0 bridgehead atoms. The molecule has 0 spiro atoms. The fourth-order valence-corrected chi connectivity index (χ4v) is 1.75. The molecule has 15 heavy (non-hydrogen) atoms. The molecule has 5 heteroatoms. The maximum atomic E-state index is 11.0. The van der Waals surface area contributed by atoms with E-state index in [-0.39, 0.29) is 12.4 Å². The van der Waals surface area contributed by atoms with Crippen LogP contribution in [0.3, 0.4) is 0 Å². The second kappa shape index (κ2) is 5.15. The third kappa shape index (κ3) is 2.71. The number of ether oxygens (including phenoxy) is 1. The average molecular weight is 289 g/mol. The molecule has 0 aliphatic carbocycles. The van der Waals surface area contributed by atoms with Crippen molar-refractivity contribution in [2.75, 3.05) is 7.11 Å². The summed E-state index contributed by atoms with van der Waals surface area (Å²) in [6, 6.07) is 5.23. The molecule has 0 aromatic heterocycles. The summed E-state index contributed by atoms with van der Waals surface area (Å²) in [4.78, 5) is 11.0. The molecule has 1 aromatic carbocycles. The Kier molecular flexibility index (Phi) is 4.13. The van der Waals surface area contributed by atoms with Crippen molar-refractivity contribution in [3.63, 3.8) is 0 Å². The molecule has 3 nitrogen and oxygen atoms in total. The molecule has 0 amide bonds. The van der Waals surface area contributed by atoms with Gasteiger partial charge in [0.05, 0.1) is 28.6 Å². The minimum absolute atomic E-state index is 0.0969. The van der Waals surface area contributed by atoms with Gasteiger partial charge in [0.2, 0.25) is 0 Å². The highest BCUT2D eigenvalue weighted by Gasteiger charge is 2.12. The maximum Gasteiger partial charge on any atom is 0.310 e. The lowest BCUT2D eigenvalue weighted by atomic mass is 10.1. The van der Waals surface area contributed by atoms with Crippen LogP contribution in [0.1, 0.15) is 11.1 Å². The highest BCUT2D eigenvalue weighted by Crippen LogP contribution is 2.29. The molecule has 0 N–H and O–H groups in total. The van der Waals surface area contributed by atoms with Crippen LogP contribution in [0.5, 0.6) is 0 Å². The van der Waals surface area contributed by atoms with Crippen molar-refractivity contribution in [3.8, 4) is 6.07 Å². The van der Waals surface area contributed by atoms with Crippen molar-refractivity contribution in [2.24, 2.45) is 0 Å². The SMILES string of the molecule is COC(=O)Cc1ccc(C#N)c(Br)c1Cl. The number of nitriles is 1. The highest BCUT2D eigenvalue weighted by molar-refractivity contribution is 9.10. The quantitative estimate of drug-likeness (QED) is 0.786. The number of halogens is 2. The van der Waals surface area contributed by atoms with Gasteiger partial charge in [-0.2, -0.15) is 5.26 Å². The number of nitrogens with zero attached hydrogens (tertiary/aromatic N) is 1. The summed E-state index contributed by atoms with van der Waals surface area (Å²) in [6.07, 6.45) is 0.0969. The van der Waals surface area contributed by atoms with Gasteiger partial charge in [0.25, 0.3) is 0 Å². The van der Waals surface area contributed by atoms with Crippen molar-refractivity contribution >= 4 is 33.5 Å². The Bertz CT molecular complexity index is 440. The summed E-state index contributed by atoms with van der Waals surface area (Å²) in [6.45, 7) is 0. The monoisotopic (exact) mass is 287 g/mol. The molecule has 0 aliphatic rings. The Morgan fingerprint density at radius 1 is 1.67 bits per heavy atom. The zero-order valence-corrected chi connectivity index (χ0v) is 10.2. The number of hydrogen-bond donors (Lipinski definition) is 0. The molecule has 1 rings (SSSR count). The molecule has 0 heterocycles. The van der Waals surface area contributed by atoms with Crippen LogP contribution in [0, 0.1) is 11.3 Å². The normalized spacial score (nSPS) is 9.47. The molecular weight excluding hydrogens is 281 g/mol. The molecule has 0 radical (unpaired) electrons. The van der Waals surface area contributed by atoms with Crippen molar-refractivity contribution in [1.82, 2.24) is 0 Å². The van der Waals surface area contributed by atoms with E-state index in [1.807, 2.05) is 6.07 Å². The molecular formula is C10H7BrClNO2. The van der Waals surface area contributed by atoms with Crippen LogP contribution in [0.2, 0.25) is 5.02 Å². The van der Waals surface area contributed by atoms with Crippen LogP contribution in [-0.4, -0.2) is 13.1 Å². The molecule has 1 aromatic rings. The second-order valence-electron chi connectivity index (χ2n) is 2.76. The fraction of sp³-hybridized carbons (Fsp3) is 0.200. The smallest absolute Gasteiger partial charge is 0.310 e. The topological polar surface area (TPSA) is 50.1 Å². The standard InChI is InChI=1S/C10H7BrClNO2/c1-15-8(14)4-6-2-3-7(5-13)9(11)10(6)12/h2-3H,4H2,1H3. The first-order valence-corrected chi connectivity index (χ1v) is 5.21. The number of esters is 1. The van der Waals surface area contributed by atoms with Gasteiger partial charge in [-0.1, -0.05) is 17.7 Å². The van der Waals surface area contributed by atoms with E-state index < -0.39 is 0 Å². The molecule has 0 saturated heterocycles. The van der Waals surface area contributed by atoms with Crippen molar-refractivity contribution in [3.05, 3.63) is 32.8 Å². The highest BCUT2D eigenvalue weighted by atomic mass is 79.9. The molecule has 78 valence electrons. The summed E-state index contributed by atoms with van der Waals surface area (Å²) < 4.78 is 5.04. The lowest BCUT2D eigenvalue weighted by Gasteiger charge is -2.05. The predicted molar refractivity (Wildman–Crippen MR) is 59.6 cm³/mol. The Hall–Kier alpha value is -1.05. The second-order valence-corrected chi connectivity index (χ2v) is 3.94. The van der Waals surface area contributed by atoms with Gasteiger partial charge >= 0.3 is 5.97 Å². The van der Waals surface area contributed by atoms with E-state index in [0.717, 1.165) is 0 Å². The Morgan fingerprint density at radius 2 is 2.33 bits per heavy atom. The van der Waals surface area contributed by atoms with Gasteiger partial charge < -0.3 is 4.74 Å².